The van der Waals surface area contributed by atoms with Gasteiger partial charge in [0.1, 0.15) is 24.1 Å². The van der Waals surface area contributed by atoms with Crippen LogP contribution in [0.5, 0.6) is 0 Å². The third-order valence-electron chi connectivity index (χ3n) is 7.09. The zero-order valence-corrected chi connectivity index (χ0v) is 22.9. The average molecular weight is 578 g/mol. The van der Waals surface area contributed by atoms with Crippen LogP contribution in [0, 0.1) is 5.41 Å². The fourth-order valence-corrected chi connectivity index (χ4v) is 4.66. The van der Waals surface area contributed by atoms with Gasteiger partial charge < -0.3 is 25.4 Å². The maximum absolute atomic E-state index is 13.5. The predicted molar refractivity (Wildman–Crippen MR) is 140 cm³/mol. The lowest BCUT2D eigenvalue weighted by Gasteiger charge is -2.46. The highest BCUT2D eigenvalue weighted by molar-refractivity contribution is 6.21. The largest absolute Gasteiger partial charge is 0.481 e. The fraction of sp³-hybridized carbons (Fsp3) is 0.519. The van der Waals surface area contributed by atoms with Crippen molar-refractivity contribution in [3.05, 3.63) is 35.9 Å². The van der Waals surface area contributed by atoms with E-state index >= 15 is 0 Å². The summed E-state index contributed by atoms with van der Waals surface area (Å²) in [4.78, 5) is 88.4. The lowest BCUT2D eigenvalue weighted by atomic mass is 9.77. The summed E-state index contributed by atoms with van der Waals surface area (Å²) in [5, 5.41) is 31.2. The first-order valence-corrected chi connectivity index (χ1v) is 13.2. The lowest BCUT2D eigenvalue weighted by molar-refractivity contribution is -0.170. The van der Waals surface area contributed by atoms with E-state index in [4.69, 9.17) is 9.84 Å². The molecule has 1 aromatic carbocycles. The molecule has 4 N–H and O–H groups in total. The molecule has 1 aliphatic heterocycles. The minimum atomic E-state index is -1.92. The molecule has 1 saturated heterocycles. The van der Waals surface area contributed by atoms with Crippen molar-refractivity contribution >= 4 is 41.8 Å². The van der Waals surface area contributed by atoms with Crippen molar-refractivity contribution in [2.45, 2.75) is 77.5 Å². The van der Waals surface area contributed by atoms with Gasteiger partial charge in [-0.1, -0.05) is 44.2 Å². The molecule has 1 fully saturated rings. The van der Waals surface area contributed by atoms with Gasteiger partial charge in [0.05, 0.1) is 0 Å². The quantitative estimate of drug-likeness (QED) is 0.166. The second kappa shape index (κ2) is 14.8. The van der Waals surface area contributed by atoms with Gasteiger partial charge in [-0.15, -0.1) is 0 Å². The summed E-state index contributed by atoms with van der Waals surface area (Å²) < 4.78 is 5.10. The van der Waals surface area contributed by atoms with Crippen molar-refractivity contribution in [2.24, 2.45) is 5.41 Å². The third kappa shape index (κ3) is 7.80. The van der Waals surface area contributed by atoms with Crippen molar-refractivity contribution in [2.75, 3.05) is 6.54 Å². The minimum absolute atomic E-state index is 0.0581. The molecule has 0 aliphatic carbocycles. The third-order valence-corrected chi connectivity index (χ3v) is 7.09. The van der Waals surface area contributed by atoms with Crippen LogP contribution in [-0.2, 0) is 35.3 Å². The molecule has 0 saturated carbocycles. The molecular formula is C27H35N3O11. The maximum atomic E-state index is 13.5. The van der Waals surface area contributed by atoms with E-state index in [0.717, 1.165) is 5.56 Å². The smallest absolute Gasteiger partial charge is 0.407 e. The van der Waals surface area contributed by atoms with Crippen molar-refractivity contribution in [1.82, 2.24) is 15.1 Å². The standard InChI is InChI=1S/C27H35N3O11/c1-3-27(4-2)23(37)29(26(40)30(24(27)38)19(22(35)36)13-14-20(31)32)18(21(33)34)12-8-9-15-28-25(39)41-16-17-10-6-5-7-11-17/h5-7,10-11,18-19H,3-4,8-9,12-16H2,1-2H3,(H,28,39)(H,31,32)(H,33,34)(H,35,36)/t18?,19-/m0/s1. The minimum Gasteiger partial charge on any atom is -0.481 e. The summed E-state index contributed by atoms with van der Waals surface area (Å²) in [5.41, 5.74) is -1.11. The molecule has 14 heteroatoms. The van der Waals surface area contributed by atoms with Gasteiger partial charge in [-0.25, -0.2) is 29.0 Å². The highest BCUT2D eigenvalue weighted by atomic mass is 16.5. The molecule has 2 rings (SSSR count). The number of urea groups is 1. The first kappa shape index (κ1) is 32.7. The Labute approximate surface area is 236 Å². The summed E-state index contributed by atoms with van der Waals surface area (Å²) in [6.07, 6.45) is -2.14. The maximum Gasteiger partial charge on any atom is 0.407 e. The van der Waals surface area contributed by atoms with Crippen LogP contribution < -0.4 is 5.32 Å². The Morgan fingerprint density at radius 1 is 0.854 bits per heavy atom. The van der Waals surface area contributed by atoms with Crippen LogP contribution in [0.2, 0.25) is 0 Å². The van der Waals surface area contributed by atoms with Gasteiger partial charge in [0.15, 0.2) is 0 Å². The topological polar surface area (TPSA) is 208 Å². The number of nitrogens with zero attached hydrogens (tertiary/aromatic N) is 2. The van der Waals surface area contributed by atoms with Crippen LogP contribution in [0.25, 0.3) is 0 Å². The number of imide groups is 2. The van der Waals surface area contributed by atoms with Crippen LogP contribution in [0.4, 0.5) is 9.59 Å². The van der Waals surface area contributed by atoms with Gasteiger partial charge in [-0.05, 0) is 44.1 Å². The number of hydrogen-bond donors (Lipinski definition) is 4. The number of rotatable bonds is 16. The summed E-state index contributed by atoms with van der Waals surface area (Å²) in [6, 6.07) is 3.91. The molecule has 1 unspecified atom stereocenters. The molecule has 41 heavy (non-hydrogen) atoms. The number of ether oxygens (including phenoxy) is 1. The summed E-state index contributed by atoms with van der Waals surface area (Å²) >= 11 is 0. The highest BCUT2D eigenvalue weighted by Crippen LogP contribution is 2.39. The first-order chi connectivity index (χ1) is 19.4. The number of unbranched alkanes of at least 4 members (excludes halogenated alkanes) is 1. The number of alkyl carbamates (subject to hydrolysis) is 1. The van der Waals surface area contributed by atoms with Gasteiger partial charge in [0.25, 0.3) is 0 Å². The number of carboxylic acid groups (broad SMARTS) is 3. The molecule has 2 atom stereocenters. The second-order valence-corrected chi connectivity index (χ2v) is 9.55. The number of nitrogens with one attached hydrogen (secondary N) is 1. The molecule has 1 aromatic rings. The molecular weight excluding hydrogens is 542 g/mol. The van der Waals surface area contributed by atoms with Crippen LogP contribution >= 0.6 is 0 Å². The molecule has 1 aliphatic rings. The molecule has 224 valence electrons. The van der Waals surface area contributed by atoms with Gasteiger partial charge in [0, 0.05) is 13.0 Å². The Kier molecular flexibility index (Phi) is 11.8. The van der Waals surface area contributed by atoms with Crippen LogP contribution in [0.15, 0.2) is 30.3 Å². The van der Waals surface area contributed by atoms with Gasteiger partial charge in [0.2, 0.25) is 11.8 Å². The van der Waals surface area contributed by atoms with Gasteiger partial charge >= 0.3 is 30.0 Å². The monoisotopic (exact) mass is 577 g/mol. The second-order valence-electron chi connectivity index (χ2n) is 9.55. The van der Waals surface area contributed by atoms with Crippen molar-refractivity contribution in [3.63, 3.8) is 0 Å². The summed E-state index contributed by atoms with van der Waals surface area (Å²) in [7, 11) is 0. The number of aliphatic carboxylic acids is 3. The molecule has 5 amide bonds. The van der Waals surface area contributed by atoms with Crippen molar-refractivity contribution in [1.29, 1.82) is 0 Å². The molecule has 1 heterocycles. The number of barbiturate groups is 1. The van der Waals surface area contributed by atoms with Gasteiger partial charge in [-0.2, -0.15) is 0 Å². The Morgan fingerprint density at radius 2 is 1.39 bits per heavy atom. The Hall–Kier alpha value is -4.49. The van der Waals surface area contributed by atoms with Gasteiger partial charge in [-0.3, -0.25) is 14.4 Å². The number of benzene rings is 1. The zero-order valence-electron chi connectivity index (χ0n) is 22.9. The van der Waals surface area contributed by atoms with E-state index in [-0.39, 0.29) is 45.3 Å². The Balaban J connectivity index is 2.16. The normalized spacial score (nSPS) is 16.2. The fourth-order valence-electron chi connectivity index (χ4n) is 4.66. The summed E-state index contributed by atoms with van der Waals surface area (Å²) in [6.45, 7) is 3.13. The average Bonchev–Trinajstić information content (AvgIpc) is 2.93. The molecule has 14 nitrogen and oxygen atoms in total. The number of amides is 5. The SMILES string of the molecule is CCC1(CC)C(=O)N(C(CCCCNC(=O)OCc2ccccc2)C(=O)O)C(=O)N([C@@H](CCC(=O)O)C(=O)O)C1=O. The van der Waals surface area contributed by atoms with E-state index in [1.54, 1.807) is 24.3 Å². The Morgan fingerprint density at radius 3 is 1.88 bits per heavy atom. The first-order valence-electron chi connectivity index (χ1n) is 13.2. The predicted octanol–water partition coefficient (Wildman–Crippen LogP) is 2.45. The van der Waals surface area contributed by atoms with Crippen LogP contribution in [0.1, 0.15) is 64.4 Å². The van der Waals surface area contributed by atoms with Crippen LogP contribution in [0.3, 0.4) is 0 Å². The number of hydrogen-bond acceptors (Lipinski definition) is 8. The number of carboxylic acids is 3. The van der Waals surface area contributed by atoms with Crippen molar-refractivity contribution in [3.8, 4) is 0 Å². The highest BCUT2D eigenvalue weighted by Gasteiger charge is 2.59. The van der Waals surface area contributed by atoms with E-state index in [1.807, 2.05) is 6.07 Å². The molecule has 0 bridgehead atoms. The van der Waals surface area contributed by atoms with E-state index in [1.165, 1.54) is 13.8 Å². The summed E-state index contributed by atoms with van der Waals surface area (Å²) in [5.74, 6) is -6.73. The Bertz CT molecular complexity index is 1150. The van der Waals surface area contributed by atoms with E-state index in [2.05, 4.69) is 5.32 Å². The number of carbonyl (C=O) groups excluding carboxylic acids is 4. The number of carbonyl (C=O) groups is 7. The zero-order chi connectivity index (χ0) is 30.7. The van der Waals surface area contributed by atoms with Crippen molar-refractivity contribution < 1.29 is 53.6 Å². The van der Waals surface area contributed by atoms with E-state index in [0.29, 0.717) is 9.80 Å². The molecule has 0 radical (unpaired) electrons. The van der Waals surface area contributed by atoms with E-state index in [9.17, 15) is 43.8 Å². The lowest BCUT2D eigenvalue weighted by Crippen LogP contribution is -2.70. The molecule has 0 aromatic heterocycles. The molecule has 0 spiro atoms. The van der Waals surface area contributed by atoms with E-state index < -0.39 is 72.2 Å². The van der Waals surface area contributed by atoms with Crippen LogP contribution in [-0.4, -0.2) is 85.6 Å².